The molecule has 1 fully saturated rings. The summed E-state index contributed by atoms with van der Waals surface area (Å²) in [5, 5.41) is 0. The van der Waals surface area contributed by atoms with Crippen molar-refractivity contribution in [1.29, 1.82) is 0 Å². The van der Waals surface area contributed by atoms with Crippen LogP contribution < -0.4 is 0 Å². The Labute approximate surface area is 103 Å². The van der Waals surface area contributed by atoms with Crippen LogP contribution in [0.1, 0.15) is 19.4 Å². The molecule has 0 amide bonds. The van der Waals surface area contributed by atoms with Gasteiger partial charge < -0.3 is 0 Å². The molecule has 1 aliphatic heterocycles. The lowest BCUT2D eigenvalue weighted by Gasteiger charge is -2.48. The topological polar surface area (TPSA) is 37.4 Å². The fraction of sp³-hybridized carbons (Fsp3) is 0.385. The lowest BCUT2D eigenvalue weighted by atomic mass is 9.83. The van der Waals surface area contributed by atoms with Crippen LogP contribution >= 0.6 is 0 Å². The zero-order valence-corrected chi connectivity index (χ0v) is 11.2. The van der Waals surface area contributed by atoms with Crippen LogP contribution in [0.4, 0.5) is 0 Å². The smallest absolute Gasteiger partial charge is 0.264 e. The first-order chi connectivity index (χ1) is 7.75. The summed E-state index contributed by atoms with van der Waals surface area (Å²) in [5.74, 6) is 0. The number of hydrogen-bond donors (Lipinski definition) is 0. The summed E-state index contributed by atoms with van der Waals surface area (Å²) < 4.78 is 26.0. The molecule has 0 N–H and O–H groups in total. The third kappa shape index (κ3) is 1.86. The van der Waals surface area contributed by atoms with E-state index in [4.69, 9.17) is 0 Å². The highest BCUT2D eigenvalue weighted by Gasteiger charge is 2.45. The van der Waals surface area contributed by atoms with Crippen LogP contribution in [-0.4, -0.2) is 19.3 Å². The van der Waals surface area contributed by atoms with Gasteiger partial charge in [0.15, 0.2) is 0 Å². The van der Waals surface area contributed by atoms with Crippen molar-refractivity contribution in [3.05, 3.63) is 42.1 Å². The molecule has 1 heterocycles. The number of nitrogens with zero attached hydrogens (tertiary/aromatic N) is 1. The predicted octanol–water partition coefficient (Wildman–Crippen LogP) is 2.54. The van der Waals surface area contributed by atoms with Gasteiger partial charge in [0.05, 0.1) is 4.90 Å². The number of rotatable bonds is 2. The van der Waals surface area contributed by atoms with E-state index in [0.29, 0.717) is 17.1 Å². The van der Waals surface area contributed by atoms with Crippen LogP contribution in [0.2, 0.25) is 0 Å². The van der Waals surface area contributed by atoms with E-state index < -0.39 is 10.0 Å². The van der Waals surface area contributed by atoms with Crippen molar-refractivity contribution in [3.8, 4) is 0 Å². The molecule has 1 aliphatic rings. The second kappa shape index (κ2) is 3.60. The minimum atomic E-state index is -3.41. The van der Waals surface area contributed by atoms with E-state index in [2.05, 4.69) is 6.58 Å². The Hall–Kier alpha value is -1.29. The Morgan fingerprint density at radius 3 is 2.18 bits per heavy atom. The van der Waals surface area contributed by atoms with Crippen LogP contribution in [0.5, 0.6) is 0 Å². The maximum absolute atomic E-state index is 12.3. The Bertz CT molecular complexity index is 556. The van der Waals surface area contributed by atoms with Gasteiger partial charge >= 0.3 is 0 Å². The van der Waals surface area contributed by atoms with Crippen molar-refractivity contribution < 1.29 is 8.42 Å². The molecule has 0 unspecified atom stereocenters. The number of aryl methyl sites for hydroxylation is 1. The first-order valence-corrected chi connectivity index (χ1v) is 6.98. The van der Waals surface area contributed by atoms with Crippen molar-refractivity contribution in [3.63, 3.8) is 0 Å². The monoisotopic (exact) mass is 251 g/mol. The highest BCUT2D eigenvalue weighted by atomic mass is 32.2. The van der Waals surface area contributed by atoms with Crippen LogP contribution in [0.25, 0.3) is 0 Å². The highest BCUT2D eigenvalue weighted by molar-refractivity contribution is 7.89. The van der Waals surface area contributed by atoms with Gasteiger partial charge in [0.2, 0.25) is 0 Å². The Morgan fingerprint density at radius 1 is 1.24 bits per heavy atom. The van der Waals surface area contributed by atoms with Gasteiger partial charge in [0.25, 0.3) is 10.0 Å². The van der Waals surface area contributed by atoms with Crippen LogP contribution in [0.15, 0.2) is 41.4 Å². The molecule has 92 valence electrons. The number of hydrogen-bond acceptors (Lipinski definition) is 2. The molecule has 0 bridgehead atoms. The van der Waals surface area contributed by atoms with E-state index in [-0.39, 0.29) is 5.41 Å². The second-order valence-electron chi connectivity index (χ2n) is 5.16. The molecular formula is C13H17NO2S. The Kier molecular flexibility index (Phi) is 2.58. The molecule has 0 atom stereocenters. The van der Waals surface area contributed by atoms with E-state index >= 15 is 0 Å². The molecule has 2 rings (SSSR count). The summed E-state index contributed by atoms with van der Waals surface area (Å²) in [6, 6.07) is 6.90. The third-order valence-electron chi connectivity index (χ3n) is 3.23. The lowest BCUT2D eigenvalue weighted by molar-refractivity contribution is 0.192. The summed E-state index contributed by atoms with van der Waals surface area (Å²) >= 11 is 0. The van der Waals surface area contributed by atoms with Gasteiger partial charge in [-0.15, -0.1) is 0 Å². The van der Waals surface area contributed by atoms with Crippen LogP contribution in [-0.2, 0) is 10.0 Å². The summed E-state index contributed by atoms with van der Waals surface area (Å²) in [5.41, 5.74) is 1.60. The minimum Gasteiger partial charge on any atom is -0.269 e. The van der Waals surface area contributed by atoms with Gasteiger partial charge in [-0.1, -0.05) is 38.1 Å². The van der Waals surface area contributed by atoms with Crippen LogP contribution in [0.3, 0.4) is 0 Å². The zero-order valence-electron chi connectivity index (χ0n) is 10.4. The van der Waals surface area contributed by atoms with E-state index in [9.17, 15) is 8.42 Å². The third-order valence-corrected chi connectivity index (χ3v) is 5.03. The SMILES string of the molecule is C=C1N(S(=O)(=O)c2ccc(C)cc2)CC1(C)C. The number of sulfonamides is 1. The summed E-state index contributed by atoms with van der Waals surface area (Å²) in [6.07, 6.45) is 0. The summed E-state index contributed by atoms with van der Waals surface area (Å²) in [6.45, 7) is 10.3. The zero-order chi connectivity index (χ0) is 12.8. The summed E-state index contributed by atoms with van der Waals surface area (Å²) in [7, 11) is -3.41. The van der Waals surface area contributed by atoms with Crippen LogP contribution in [0, 0.1) is 12.3 Å². The molecule has 17 heavy (non-hydrogen) atoms. The average Bonchev–Trinajstić information content (AvgIpc) is 2.26. The molecule has 4 heteroatoms. The quantitative estimate of drug-likeness (QED) is 0.810. The van der Waals surface area contributed by atoms with Crippen molar-refractivity contribution in [1.82, 2.24) is 4.31 Å². The molecule has 1 saturated heterocycles. The van der Waals surface area contributed by atoms with E-state index in [1.807, 2.05) is 20.8 Å². The number of benzene rings is 1. The maximum Gasteiger partial charge on any atom is 0.264 e. The fourth-order valence-corrected chi connectivity index (χ4v) is 3.62. The Morgan fingerprint density at radius 2 is 1.76 bits per heavy atom. The molecule has 0 aliphatic carbocycles. The Balaban J connectivity index is 2.33. The van der Waals surface area contributed by atoms with Gasteiger partial charge in [0, 0.05) is 17.7 Å². The van der Waals surface area contributed by atoms with Gasteiger partial charge in [-0.2, -0.15) is 0 Å². The maximum atomic E-state index is 12.3. The van der Waals surface area contributed by atoms with Gasteiger partial charge in [0.1, 0.15) is 0 Å². The summed E-state index contributed by atoms with van der Waals surface area (Å²) in [4.78, 5) is 0.333. The molecular weight excluding hydrogens is 234 g/mol. The molecule has 0 spiro atoms. The minimum absolute atomic E-state index is 0.113. The first-order valence-electron chi connectivity index (χ1n) is 5.54. The van der Waals surface area contributed by atoms with E-state index in [1.54, 1.807) is 24.3 Å². The molecule has 3 nitrogen and oxygen atoms in total. The van der Waals surface area contributed by atoms with Gasteiger partial charge in [-0.25, -0.2) is 8.42 Å². The fourth-order valence-electron chi connectivity index (χ4n) is 1.86. The highest BCUT2D eigenvalue weighted by Crippen LogP contribution is 2.42. The van der Waals surface area contributed by atoms with Crippen molar-refractivity contribution in [2.45, 2.75) is 25.7 Å². The second-order valence-corrected chi connectivity index (χ2v) is 7.02. The molecule has 0 saturated carbocycles. The van der Waals surface area contributed by atoms with Crippen molar-refractivity contribution >= 4 is 10.0 Å². The molecule has 1 aromatic carbocycles. The van der Waals surface area contributed by atoms with Gasteiger partial charge in [-0.3, -0.25) is 4.31 Å². The average molecular weight is 251 g/mol. The van der Waals surface area contributed by atoms with E-state index in [1.165, 1.54) is 4.31 Å². The van der Waals surface area contributed by atoms with E-state index in [0.717, 1.165) is 5.56 Å². The van der Waals surface area contributed by atoms with Gasteiger partial charge in [-0.05, 0) is 19.1 Å². The standard InChI is InChI=1S/C13H17NO2S/c1-10-5-7-12(8-6-10)17(15,16)14-9-13(3,4)11(14)2/h5-8H,2,9H2,1,3-4H3. The largest absolute Gasteiger partial charge is 0.269 e. The lowest BCUT2D eigenvalue weighted by Crippen LogP contribution is -2.52. The van der Waals surface area contributed by atoms with Crippen molar-refractivity contribution in [2.75, 3.05) is 6.54 Å². The molecule has 1 aromatic rings. The molecule has 0 aromatic heterocycles. The molecule has 0 radical (unpaired) electrons. The first kappa shape index (κ1) is 12.2. The van der Waals surface area contributed by atoms with Crippen molar-refractivity contribution in [2.24, 2.45) is 5.41 Å². The normalized spacial score (nSPS) is 19.0. The predicted molar refractivity (Wildman–Crippen MR) is 68.0 cm³/mol.